The molecule has 0 radical (unpaired) electrons. The second kappa shape index (κ2) is 9.71. The topological polar surface area (TPSA) is 89.0 Å². The molecule has 0 aliphatic rings. The summed E-state index contributed by atoms with van der Waals surface area (Å²) in [4.78, 5) is 3.54. The molecule has 11 heteroatoms. The summed E-state index contributed by atoms with van der Waals surface area (Å²) in [5.41, 5.74) is 2.47. The van der Waals surface area contributed by atoms with Crippen molar-refractivity contribution in [3.63, 3.8) is 0 Å². The third-order valence-corrected chi connectivity index (χ3v) is 7.25. The van der Waals surface area contributed by atoms with Crippen molar-refractivity contribution in [2.24, 2.45) is 7.05 Å². The Morgan fingerprint density at radius 2 is 1.76 bits per heavy atom. The van der Waals surface area contributed by atoms with Gasteiger partial charge in [-0.25, -0.2) is 0 Å². The maximum Gasteiger partial charge on any atom is 0.433 e. The Bertz CT molecular complexity index is 1620. The Kier molecular flexibility index (Phi) is 6.56. The zero-order valence-electron chi connectivity index (χ0n) is 20.7. The van der Waals surface area contributed by atoms with Crippen molar-refractivity contribution in [3.05, 3.63) is 77.7 Å². The van der Waals surface area contributed by atoms with Crippen LogP contribution in [0.4, 0.5) is 13.2 Å². The van der Waals surface area contributed by atoms with E-state index in [0.717, 1.165) is 22.7 Å². The van der Waals surface area contributed by atoms with Gasteiger partial charge in [-0.05, 0) is 53.4 Å². The number of phenols is 2. The molecule has 3 heterocycles. The van der Waals surface area contributed by atoms with E-state index in [1.807, 2.05) is 55.9 Å². The molecule has 196 valence electrons. The number of benzene rings is 2. The maximum atomic E-state index is 12.9. The van der Waals surface area contributed by atoms with Crippen LogP contribution in [0.3, 0.4) is 0 Å². The van der Waals surface area contributed by atoms with Crippen molar-refractivity contribution in [1.82, 2.24) is 24.3 Å². The Labute approximate surface area is 220 Å². The Morgan fingerprint density at radius 1 is 0.974 bits per heavy atom. The van der Waals surface area contributed by atoms with Gasteiger partial charge >= 0.3 is 6.18 Å². The van der Waals surface area contributed by atoms with Crippen LogP contribution in [0.25, 0.3) is 28.0 Å². The molecule has 0 saturated carbocycles. The quantitative estimate of drug-likeness (QED) is 0.235. The van der Waals surface area contributed by atoms with Crippen molar-refractivity contribution < 1.29 is 23.4 Å². The van der Waals surface area contributed by atoms with Crippen LogP contribution in [-0.2, 0) is 19.0 Å². The molecule has 0 unspecified atom stereocenters. The van der Waals surface area contributed by atoms with Gasteiger partial charge in [-0.1, -0.05) is 31.7 Å². The van der Waals surface area contributed by atoms with Crippen LogP contribution >= 0.6 is 11.8 Å². The van der Waals surface area contributed by atoms with Gasteiger partial charge in [0, 0.05) is 42.2 Å². The number of nitrogens with zero attached hydrogens (tertiary/aromatic N) is 5. The average molecular weight is 540 g/mol. The highest BCUT2D eigenvalue weighted by atomic mass is 32.2. The van der Waals surface area contributed by atoms with Crippen LogP contribution in [0.1, 0.15) is 36.6 Å². The Balaban J connectivity index is 1.59. The molecule has 0 bridgehead atoms. The number of aromatic hydroxyl groups is 2. The van der Waals surface area contributed by atoms with Crippen molar-refractivity contribution in [2.75, 3.05) is 0 Å². The van der Waals surface area contributed by atoms with Crippen LogP contribution in [0.5, 0.6) is 11.5 Å². The standard InChI is InChI=1S/C27H24F3N5O2S/c1-15(2)19-11-20(23(37)12-22(19)36)25-32-33-26(38-14-16-4-7-24(31-13-16)27(28,29)30)35(25)18-5-6-21-17(10-18)8-9-34(21)3/h4-13,15,36-37H,14H2,1-3H3. The largest absolute Gasteiger partial charge is 0.508 e. The lowest BCUT2D eigenvalue weighted by Gasteiger charge is -2.15. The van der Waals surface area contributed by atoms with Crippen LogP contribution in [0.15, 0.2) is 66.1 Å². The number of aromatic nitrogens is 5. The Morgan fingerprint density at radius 3 is 2.45 bits per heavy atom. The molecule has 0 atom stereocenters. The summed E-state index contributed by atoms with van der Waals surface area (Å²) < 4.78 is 42.5. The zero-order chi connectivity index (χ0) is 27.2. The van der Waals surface area contributed by atoms with Gasteiger partial charge in [-0.15, -0.1) is 10.2 Å². The normalized spacial score (nSPS) is 12.1. The van der Waals surface area contributed by atoms with E-state index >= 15 is 0 Å². The monoisotopic (exact) mass is 539 g/mol. The number of hydrogen-bond acceptors (Lipinski definition) is 6. The molecular formula is C27H24F3N5O2S. The van der Waals surface area contributed by atoms with Gasteiger partial charge in [0.05, 0.1) is 11.3 Å². The number of alkyl halides is 3. The van der Waals surface area contributed by atoms with E-state index in [0.29, 0.717) is 33.4 Å². The molecule has 0 fully saturated rings. The number of hydrogen-bond donors (Lipinski definition) is 2. The highest BCUT2D eigenvalue weighted by Crippen LogP contribution is 2.40. The third kappa shape index (κ3) is 4.81. The SMILES string of the molecule is CC(C)c1cc(-c2nnc(SCc3ccc(C(F)(F)F)nc3)n2-c2ccc3c(ccn3C)c2)c(O)cc1O. The predicted octanol–water partition coefficient (Wildman–Crippen LogP) is 6.67. The van der Waals surface area contributed by atoms with Crippen LogP contribution in [0, 0.1) is 0 Å². The molecular weight excluding hydrogens is 515 g/mol. The second-order valence-electron chi connectivity index (χ2n) is 9.23. The summed E-state index contributed by atoms with van der Waals surface area (Å²) in [6, 6.07) is 13.2. The molecule has 0 aliphatic carbocycles. The zero-order valence-corrected chi connectivity index (χ0v) is 21.5. The second-order valence-corrected chi connectivity index (χ2v) is 10.2. The molecule has 2 N–H and O–H groups in total. The number of thioether (sulfide) groups is 1. The van der Waals surface area contributed by atoms with E-state index in [-0.39, 0.29) is 17.4 Å². The summed E-state index contributed by atoms with van der Waals surface area (Å²) in [7, 11) is 1.95. The van der Waals surface area contributed by atoms with Gasteiger partial charge in [0.25, 0.3) is 0 Å². The predicted molar refractivity (Wildman–Crippen MR) is 139 cm³/mol. The van der Waals surface area contributed by atoms with Gasteiger partial charge < -0.3 is 14.8 Å². The molecule has 38 heavy (non-hydrogen) atoms. The van der Waals surface area contributed by atoms with E-state index < -0.39 is 11.9 Å². The van der Waals surface area contributed by atoms with Gasteiger partial charge in [-0.3, -0.25) is 9.55 Å². The summed E-state index contributed by atoms with van der Waals surface area (Å²) in [6.45, 7) is 3.87. The van der Waals surface area contributed by atoms with Gasteiger partial charge in [0.15, 0.2) is 11.0 Å². The van der Waals surface area contributed by atoms with E-state index in [1.54, 1.807) is 10.6 Å². The third-order valence-electron chi connectivity index (χ3n) is 6.25. The van der Waals surface area contributed by atoms with E-state index in [9.17, 15) is 23.4 Å². The molecule has 5 rings (SSSR count). The van der Waals surface area contributed by atoms with Gasteiger partial charge in [0.1, 0.15) is 17.2 Å². The van der Waals surface area contributed by atoms with Crippen molar-refractivity contribution in [3.8, 4) is 28.6 Å². The number of rotatable bonds is 6. The van der Waals surface area contributed by atoms with Crippen molar-refractivity contribution in [1.29, 1.82) is 0 Å². The van der Waals surface area contributed by atoms with Crippen LogP contribution in [-0.4, -0.2) is 34.5 Å². The molecule has 7 nitrogen and oxygen atoms in total. The molecule has 0 amide bonds. The fourth-order valence-corrected chi connectivity index (χ4v) is 5.13. The molecule has 0 aliphatic heterocycles. The van der Waals surface area contributed by atoms with Crippen molar-refractivity contribution in [2.45, 2.75) is 36.9 Å². The lowest BCUT2D eigenvalue weighted by molar-refractivity contribution is -0.141. The first-order chi connectivity index (χ1) is 18.0. The molecule has 3 aromatic heterocycles. The lowest BCUT2D eigenvalue weighted by Crippen LogP contribution is -2.07. The van der Waals surface area contributed by atoms with E-state index in [1.165, 1.54) is 30.1 Å². The molecule has 5 aromatic rings. The van der Waals surface area contributed by atoms with E-state index in [4.69, 9.17) is 0 Å². The number of aryl methyl sites for hydroxylation is 1. The highest BCUT2D eigenvalue weighted by molar-refractivity contribution is 7.98. The molecule has 0 spiro atoms. The number of phenolic OH excluding ortho intramolecular Hbond substituents is 2. The minimum atomic E-state index is -4.50. The highest BCUT2D eigenvalue weighted by Gasteiger charge is 2.32. The fraction of sp³-hybridized carbons (Fsp3) is 0.222. The van der Waals surface area contributed by atoms with Gasteiger partial charge in [-0.2, -0.15) is 13.2 Å². The molecule has 0 saturated heterocycles. The maximum absolute atomic E-state index is 12.9. The summed E-state index contributed by atoms with van der Waals surface area (Å²) in [6.07, 6.45) is -1.35. The first-order valence-corrected chi connectivity index (χ1v) is 12.7. The number of pyridine rings is 1. The number of fused-ring (bicyclic) bond motifs is 1. The summed E-state index contributed by atoms with van der Waals surface area (Å²) in [5, 5.41) is 31.3. The minimum Gasteiger partial charge on any atom is -0.508 e. The van der Waals surface area contributed by atoms with Crippen LogP contribution < -0.4 is 0 Å². The van der Waals surface area contributed by atoms with Gasteiger partial charge in [0.2, 0.25) is 0 Å². The fourth-order valence-electron chi connectivity index (χ4n) is 4.24. The first kappa shape index (κ1) is 25.7. The van der Waals surface area contributed by atoms with Crippen LogP contribution in [0.2, 0.25) is 0 Å². The summed E-state index contributed by atoms with van der Waals surface area (Å²) >= 11 is 1.29. The lowest BCUT2D eigenvalue weighted by atomic mass is 9.98. The smallest absolute Gasteiger partial charge is 0.433 e. The average Bonchev–Trinajstić information content (AvgIpc) is 3.45. The van der Waals surface area contributed by atoms with Crippen molar-refractivity contribution >= 4 is 22.7 Å². The first-order valence-electron chi connectivity index (χ1n) is 11.7. The number of halogens is 3. The summed E-state index contributed by atoms with van der Waals surface area (Å²) in [5.74, 6) is 0.503. The molecule has 2 aromatic carbocycles. The Hall–Kier alpha value is -3.99. The minimum absolute atomic E-state index is 0.00703. The van der Waals surface area contributed by atoms with E-state index in [2.05, 4.69) is 15.2 Å².